The van der Waals surface area contributed by atoms with Crippen molar-refractivity contribution in [1.82, 2.24) is 0 Å². The quantitative estimate of drug-likeness (QED) is 0.0985. The second-order valence-electron chi connectivity index (χ2n) is 12.0. The van der Waals surface area contributed by atoms with E-state index in [0.717, 1.165) is 36.8 Å². The first-order valence-corrected chi connectivity index (χ1v) is 15.2. The molecule has 8 atom stereocenters. The zero-order valence-electron chi connectivity index (χ0n) is 25.4. The van der Waals surface area contributed by atoms with Gasteiger partial charge in [0.1, 0.15) is 54.0 Å². The van der Waals surface area contributed by atoms with Crippen molar-refractivity contribution in [3.8, 4) is 28.7 Å². The Morgan fingerprint density at radius 2 is 1.77 bits per heavy atom. The van der Waals surface area contributed by atoms with E-state index in [0.29, 0.717) is 23.0 Å². The molecule has 16 nitrogen and oxygen atoms in total. The predicted octanol–water partition coefficient (Wildman–Crippen LogP) is -0.237. The van der Waals surface area contributed by atoms with Crippen molar-refractivity contribution in [3.63, 3.8) is 0 Å². The lowest BCUT2D eigenvalue weighted by Gasteiger charge is -2.44. The number of rotatable bonds is 10. The zero-order valence-corrected chi connectivity index (χ0v) is 25.4. The van der Waals surface area contributed by atoms with Gasteiger partial charge in [-0.1, -0.05) is 6.07 Å². The number of esters is 1. The van der Waals surface area contributed by atoms with Crippen LogP contribution in [0.15, 0.2) is 30.3 Å². The maximum Gasteiger partial charge on any atom is 0.317 e. The molecule has 1 aliphatic carbocycles. The largest absolute Gasteiger partial charge is 0.490 e. The van der Waals surface area contributed by atoms with Crippen molar-refractivity contribution in [3.05, 3.63) is 41.5 Å². The van der Waals surface area contributed by atoms with Gasteiger partial charge in [0, 0.05) is 17.2 Å². The van der Waals surface area contributed by atoms with Crippen molar-refractivity contribution in [1.29, 1.82) is 0 Å². The fourth-order valence-electron chi connectivity index (χ4n) is 7.10. The number of ether oxygens (including phenoxy) is 7. The first kappa shape index (κ1) is 33.0. The van der Waals surface area contributed by atoms with Crippen LogP contribution in [0.4, 0.5) is 0 Å². The van der Waals surface area contributed by atoms with E-state index in [9.17, 15) is 30.0 Å². The molecule has 0 unspecified atom stereocenters. The van der Waals surface area contributed by atoms with Crippen LogP contribution in [0.2, 0.25) is 0 Å². The van der Waals surface area contributed by atoms with Crippen molar-refractivity contribution < 1.29 is 68.3 Å². The Balaban J connectivity index is 1.28. The molecular weight excluding hydrogens is 624 g/mol. The van der Waals surface area contributed by atoms with Gasteiger partial charge in [0.05, 0.1) is 19.2 Å². The number of aliphatic hydroxyl groups excluding tert-OH is 4. The number of carbonyl (C=O) groups is 2. The number of carboxylic acid groups (broad SMARTS) is 1. The summed E-state index contributed by atoms with van der Waals surface area (Å²) in [5.74, 6) is -0.986. The first-order valence-electron chi connectivity index (χ1n) is 15.2. The molecule has 2 aromatic carbocycles. The molecule has 0 aromatic heterocycles. The molecule has 1 spiro atoms. The van der Waals surface area contributed by atoms with Crippen molar-refractivity contribution in [2.75, 3.05) is 13.9 Å². The standard InChI is InChI=1S/C31H38N2O14/c1-41-26-16(42-12-34)7-6-15-20-24(45-25(15)26)14-5-4-13(10-17(14)47-31(20)8-2-3-9-31)43-30-23(40)21(38)22(39)27(46-30)28(29(32)33)44-19(37)11-18(35)36/h4-7,10,20-24,27-30,34,38-40H,2-3,8-9,11-12,32-33H2,1H3,(H,35,36)/t20-,21-,22-,23+,24+,27-,28-,30-/m0/s1. The highest BCUT2D eigenvalue weighted by Crippen LogP contribution is 2.64. The van der Waals surface area contributed by atoms with Crippen molar-refractivity contribution >= 4 is 11.9 Å². The summed E-state index contributed by atoms with van der Waals surface area (Å²) in [4.78, 5) is 23.0. The van der Waals surface area contributed by atoms with Gasteiger partial charge in [-0.05, 0) is 43.9 Å². The lowest BCUT2D eigenvalue weighted by atomic mass is 9.74. The van der Waals surface area contributed by atoms with E-state index in [-0.39, 0.29) is 11.7 Å². The third kappa shape index (κ3) is 5.90. The summed E-state index contributed by atoms with van der Waals surface area (Å²) in [5, 5.41) is 50.3. The van der Waals surface area contributed by atoms with Crippen LogP contribution in [-0.4, -0.2) is 100.0 Å². The van der Waals surface area contributed by atoms with Crippen LogP contribution in [-0.2, 0) is 19.1 Å². The smallest absolute Gasteiger partial charge is 0.317 e. The summed E-state index contributed by atoms with van der Waals surface area (Å²) < 4.78 is 41.1. The number of hydrogen-bond acceptors (Lipinski definition) is 15. The number of fused-ring (bicyclic) bond motifs is 6. The van der Waals surface area contributed by atoms with Crippen LogP contribution < -0.4 is 35.2 Å². The minimum absolute atomic E-state index is 0.168. The van der Waals surface area contributed by atoms with Gasteiger partial charge in [0.2, 0.25) is 12.0 Å². The molecule has 1 saturated heterocycles. The molecule has 0 radical (unpaired) electrons. The molecule has 3 heterocycles. The second-order valence-corrected chi connectivity index (χ2v) is 12.0. The molecule has 9 N–H and O–H groups in total. The van der Waals surface area contributed by atoms with E-state index in [4.69, 9.17) is 49.7 Å². The topological polar surface area (TPSA) is 252 Å². The monoisotopic (exact) mass is 662 g/mol. The van der Waals surface area contributed by atoms with Crippen LogP contribution in [0.25, 0.3) is 0 Å². The highest BCUT2D eigenvalue weighted by molar-refractivity contribution is 5.90. The number of benzene rings is 2. The Morgan fingerprint density at radius 1 is 1.04 bits per heavy atom. The highest BCUT2D eigenvalue weighted by Gasteiger charge is 2.57. The van der Waals surface area contributed by atoms with E-state index < -0.39 is 79.8 Å². The minimum atomic E-state index is -1.84. The molecule has 2 fully saturated rings. The van der Waals surface area contributed by atoms with Crippen molar-refractivity contribution in [2.24, 2.45) is 11.5 Å². The fraction of sp³-hybridized carbons (Fsp3) is 0.548. The van der Waals surface area contributed by atoms with E-state index in [1.54, 1.807) is 24.3 Å². The molecule has 256 valence electrons. The Bertz CT molecular complexity index is 1500. The van der Waals surface area contributed by atoms with Gasteiger partial charge in [-0.3, -0.25) is 9.59 Å². The molecule has 6 rings (SSSR count). The van der Waals surface area contributed by atoms with E-state index in [2.05, 4.69) is 0 Å². The Kier molecular flexibility index (Phi) is 9.10. The average Bonchev–Trinajstić information content (AvgIpc) is 3.65. The van der Waals surface area contributed by atoms with Crippen LogP contribution in [0.5, 0.6) is 28.7 Å². The zero-order chi connectivity index (χ0) is 33.6. The lowest BCUT2D eigenvalue weighted by Crippen LogP contribution is -2.66. The molecule has 4 aliphatic rings. The maximum absolute atomic E-state index is 12.1. The highest BCUT2D eigenvalue weighted by atomic mass is 16.7. The molecule has 2 aromatic rings. The predicted molar refractivity (Wildman–Crippen MR) is 157 cm³/mol. The molecular formula is C31H38N2O14. The molecule has 47 heavy (non-hydrogen) atoms. The molecule has 16 heteroatoms. The first-order chi connectivity index (χ1) is 22.5. The number of aliphatic hydroxyl groups is 4. The summed E-state index contributed by atoms with van der Waals surface area (Å²) in [5.41, 5.74) is 12.5. The third-order valence-corrected chi connectivity index (χ3v) is 9.16. The number of hydrogen-bond donors (Lipinski definition) is 7. The maximum atomic E-state index is 12.1. The summed E-state index contributed by atoms with van der Waals surface area (Å²) in [7, 11) is 1.50. The van der Waals surface area contributed by atoms with E-state index >= 15 is 0 Å². The second kappa shape index (κ2) is 13.0. The van der Waals surface area contributed by atoms with Crippen LogP contribution in [0.3, 0.4) is 0 Å². The molecule has 3 aliphatic heterocycles. The fourth-order valence-corrected chi connectivity index (χ4v) is 7.10. The third-order valence-electron chi connectivity index (χ3n) is 9.16. The summed E-state index contributed by atoms with van der Waals surface area (Å²) in [6, 6.07) is 8.58. The van der Waals surface area contributed by atoms with Gasteiger partial charge in [-0.15, -0.1) is 0 Å². The summed E-state index contributed by atoms with van der Waals surface area (Å²) in [6.07, 6.45) is -9.72. The van der Waals surface area contributed by atoms with Gasteiger partial charge in [-0.25, -0.2) is 0 Å². The minimum Gasteiger partial charge on any atom is -0.490 e. The van der Waals surface area contributed by atoms with E-state index in [1.807, 2.05) is 6.07 Å². The number of carboxylic acids is 1. The van der Waals surface area contributed by atoms with Crippen LogP contribution >= 0.6 is 0 Å². The van der Waals surface area contributed by atoms with Gasteiger partial charge < -0.3 is 70.2 Å². The summed E-state index contributed by atoms with van der Waals surface area (Å²) in [6.45, 7) is -0.535. The number of carbonyl (C=O) groups excluding carboxylic acids is 1. The Hall–Kier alpha value is -3.90. The van der Waals surface area contributed by atoms with Crippen molar-refractivity contribution in [2.45, 2.75) is 92.7 Å². The number of methoxy groups -OCH3 is 1. The Labute approximate surface area is 268 Å². The normalized spacial score (nSPS) is 29.1. The summed E-state index contributed by atoms with van der Waals surface area (Å²) >= 11 is 0. The van der Waals surface area contributed by atoms with Crippen LogP contribution in [0.1, 0.15) is 55.3 Å². The average molecular weight is 663 g/mol. The van der Waals surface area contributed by atoms with Gasteiger partial charge in [0.25, 0.3) is 0 Å². The molecule has 1 saturated carbocycles. The van der Waals surface area contributed by atoms with Gasteiger partial charge >= 0.3 is 11.9 Å². The van der Waals surface area contributed by atoms with Gasteiger partial charge in [0.15, 0.2) is 24.4 Å². The number of nitrogens with two attached hydrogens (primary N) is 2. The Morgan fingerprint density at radius 3 is 2.43 bits per heavy atom. The number of aliphatic carboxylic acids is 1. The van der Waals surface area contributed by atoms with E-state index in [1.165, 1.54) is 7.11 Å². The lowest BCUT2D eigenvalue weighted by molar-refractivity contribution is -0.291. The molecule has 0 bridgehead atoms. The SMILES string of the molecule is COc1c(OCO)ccc2c1O[C@@H]1c3ccc(O[C@H]4O[C@H]([C@H](OC(=O)CC(=O)O)C(N)N)[C@@H](O)[C@H](O)[C@H]4O)cc3OC3(CCCC3)[C@@H]21. The molecule has 0 amide bonds. The van der Waals surface area contributed by atoms with Crippen LogP contribution in [0, 0.1) is 0 Å². The van der Waals surface area contributed by atoms with Gasteiger partial charge in [-0.2, -0.15) is 0 Å².